The Bertz CT molecular complexity index is 461. The largest absolute Gasteiger partial charge is 0.481 e. The number of hydrogen-bond acceptors (Lipinski definition) is 4. The van der Waals surface area contributed by atoms with Crippen LogP contribution in [0.15, 0.2) is 12.1 Å². The lowest BCUT2D eigenvalue weighted by Crippen LogP contribution is -2.19. The molecule has 0 unspecified atom stereocenters. The zero-order chi connectivity index (χ0) is 14.0. The number of halogens is 3. The number of carboxylic acid groups (broad SMARTS) is 1. The fraction of sp³-hybridized carbons (Fsp3) is 0.545. The second-order valence-corrected chi connectivity index (χ2v) is 4.49. The topological polar surface area (TPSA) is 75.1 Å². The monoisotopic (exact) mass is 275 g/mol. The molecule has 0 spiro atoms. The minimum Gasteiger partial charge on any atom is -0.481 e. The van der Waals surface area contributed by atoms with Crippen LogP contribution in [0.5, 0.6) is 0 Å². The molecular weight excluding hydrogens is 263 g/mol. The first-order valence-electron chi connectivity index (χ1n) is 5.76. The minimum absolute atomic E-state index is 0.0906. The summed E-state index contributed by atoms with van der Waals surface area (Å²) in [6.07, 6.45) is -2.86. The van der Waals surface area contributed by atoms with Gasteiger partial charge in [0.1, 0.15) is 5.82 Å². The Kier molecular flexibility index (Phi) is 3.59. The maximum Gasteiger partial charge on any atom is 0.435 e. The Hall–Kier alpha value is -1.86. The van der Waals surface area contributed by atoms with Crippen molar-refractivity contribution in [1.29, 1.82) is 0 Å². The van der Waals surface area contributed by atoms with Crippen LogP contribution in [-0.4, -0.2) is 27.3 Å². The lowest BCUT2D eigenvalue weighted by Gasteiger charge is -2.13. The van der Waals surface area contributed by atoms with Gasteiger partial charge in [-0.25, -0.2) is 0 Å². The van der Waals surface area contributed by atoms with Crippen LogP contribution in [0.3, 0.4) is 0 Å². The van der Waals surface area contributed by atoms with Crippen LogP contribution in [0.1, 0.15) is 25.0 Å². The molecule has 1 fully saturated rings. The Balaban J connectivity index is 1.96. The predicted molar refractivity (Wildman–Crippen MR) is 59.4 cm³/mol. The summed E-state index contributed by atoms with van der Waals surface area (Å²) in [6.45, 7) is 0. The Morgan fingerprint density at radius 2 is 2.05 bits per heavy atom. The van der Waals surface area contributed by atoms with E-state index in [1.165, 1.54) is 6.07 Å². The summed E-state index contributed by atoms with van der Waals surface area (Å²) in [5.41, 5.74) is -1.05. The van der Waals surface area contributed by atoms with E-state index >= 15 is 0 Å². The summed E-state index contributed by atoms with van der Waals surface area (Å²) in [5, 5.41) is 18.3. The highest BCUT2D eigenvalue weighted by Crippen LogP contribution is 2.29. The molecule has 1 aromatic rings. The lowest BCUT2D eigenvalue weighted by atomic mass is 10.1. The van der Waals surface area contributed by atoms with Gasteiger partial charge in [0.05, 0.1) is 5.92 Å². The van der Waals surface area contributed by atoms with E-state index in [4.69, 9.17) is 5.11 Å². The molecular formula is C11H12F3N3O2. The SMILES string of the molecule is O=C(O)[C@@H]1CC[C@H](Nc2ccc(C(F)(F)F)nn2)C1. The number of anilines is 1. The second kappa shape index (κ2) is 5.02. The van der Waals surface area contributed by atoms with Gasteiger partial charge in [-0.15, -0.1) is 10.2 Å². The summed E-state index contributed by atoms with van der Waals surface area (Å²) < 4.78 is 36.8. The fourth-order valence-electron chi connectivity index (χ4n) is 2.11. The third kappa shape index (κ3) is 3.33. The third-order valence-electron chi connectivity index (χ3n) is 3.09. The first-order valence-corrected chi connectivity index (χ1v) is 5.76. The maximum absolute atomic E-state index is 12.3. The van der Waals surface area contributed by atoms with Crippen LogP contribution in [0.4, 0.5) is 19.0 Å². The van der Waals surface area contributed by atoms with Crippen molar-refractivity contribution in [3.8, 4) is 0 Å². The first-order chi connectivity index (χ1) is 8.86. The molecule has 1 heterocycles. The number of carbonyl (C=O) groups is 1. The number of nitrogens with zero attached hydrogens (tertiary/aromatic N) is 2. The molecule has 0 aromatic carbocycles. The number of carboxylic acids is 1. The van der Waals surface area contributed by atoms with Crippen molar-refractivity contribution < 1.29 is 23.1 Å². The van der Waals surface area contributed by atoms with Gasteiger partial charge in [0.2, 0.25) is 0 Å². The number of nitrogens with one attached hydrogen (secondary N) is 1. The fourth-order valence-corrected chi connectivity index (χ4v) is 2.11. The van der Waals surface area contributed by atoms with Crippen LogP contribution in [-0.2, 0) is 11.0 Å². The quantitative estimate of drug-likeness (QED) is 0.884. The summed E-state index contributed by atoms with van der Waals surface area (Å²) >= 11 is 0. The number of alkyl halides is 3. The summed E-state index contributed by atoms with van der Waals surface area (Å²) in [7, 11) is 0. The lowest BCUT2D eigenvalue weighted by molar-refractivity contribution is -0.142. The molecule has 0 aliphatic heterocycles. The zero-order valence-electron chi connectivity index (χ0n) is 9.81. The highest BCUT2D eigenvalue weighted by molar-refractivity contribution is 5.70. The molecule has 0 bridgehead atoms. The van der Waals surface area contributed by atoms with Crippen LogP contribution >= 0.6 is 0 Å². The second-order valence-electron chi connectivity index (χ2n) is 4.49. The molecule has 1 saturated carbocycles. The normalized spacial score (nSPS) is 23.3. The number of aliphatic carboxylic acids is 1. The van der Waals surface area contributed by atoms with Gasteiger partial charge in [0.15, 0.2) is 5.69 Å². The molecule has 1 aliphatic rings. The molecule has 1 aromatic heterocycles. The Morgan fingerprint density at radius 1 is 1.32 bits per heavy atom. The molecule has 8 heteroatoms. The number of hydrogen-bond donors (Lipinski definition) is 2. The van der Waals surface area contributed by atoms with E-state index in [2.05, 4.69) is 15.5 Å². The van der Waals surface area contributed by atoms with E-state index in [9.17, 15) is 18.0 Å². The molecule has 0 radical (unpaired) electrons. The average Bonchev–Trinajstić information content (AvgIpc) is 2.77. The van der Waals surface area contributed by atoms with Gasteiger partial charge in [0.25, 0.3) is 0 Å². The first kappa shape index (κ1) is 13.6. The smallest absolute Gasteiger partial charge is 0.435 e. The standard InChI is InChI=1S/C11H12F3N3O2/c12-11(13,14)8-3-4-9(17-16-8)15-7-2-1-6(5-7)10(18)19/h3-4,6-7H,1-2,5H2,(H,15,17)(H,18,19)/t6-,7+/m1/s1. The maximum atomic E-state index is 12.3. The molecule has 2 N–H and O–H groups in total. The van der Waals surface area contributed by atoms with E-state index in [0.717, 1.165) is 6.07 Å². The van der Waals surface area contributed by atoms with Gasteiger partial charge in [-0.2, -0.15) is 13.2 Å². The van der Waals surface area contributed by atoms with Crippen molar-refractivity contribution in [3.05, 3.63) is 17.8 Å². The van der Waals surface area contributed by atoms with Gasteiger partial charge in [-0.3, -0.25) is 4.79 Å². The van der Waals surface area contributed by atoms with Crippen molar-refractivity contribution >= 4 is 11.8 Å². The molecule has 2 atom stereocenters. The zero-order valence-corrected chi connectivity index (χ0v) is 9.81. The van der Waals surface area contributed by atoms with Crippen molar-refractivity contribution in [2.24, 2.45) is 5.92 Å². The predicted octanol–water partition coefficient (Wildman–Crippen LogP) is 2.16. The summed E-state index contributed by atoms with van der Waals surface area (Å²) in [5.74, 6) is -1.02. The number of aromatic nitrogens is 2. The molecule has 1 aliphatic carbocycles. The molecule has 0 saturated heterocycles. The van der Waals surface area contributed by atoms with E-state index in [1.54, 1.807) is 0 Å². The van der Waals surface area contributed by atoms with Gasteiger partial charge in [-0.05, 0) is 31.4 Å². The van der Waals surface area contributed by atoms with Crippen LogP contribution in [0.2, 0.25) is 0 Å². The van der Waals surface area contributed by atoms with Gasteiger partial charge in [-0.1, -0.05) is 0 Å². The molecule has 104 valence electrons. The third-order valence-corrected chi connectivity index (χ3v) is 3.09. The van der Waals surface area contributed by atoms with E-state index in [-0.39, 0.29) is 11.9 Å². The van der Waals surface area contributed by atoms with Crippen LogP contribution in [0, 0.1) is 5.92 Å². The summed E-state index contributed by atoms with van der Waals surface area (Å²) in [4.78, 5) is 10.8. The number of rotatable bonds is 3. The van der Waals surface area contributed by atoms with Crippen molar-refractivity contribution in [2.75, 3.05) is 5.32 Å². The van der Waals surface area contributed by atoms with E-state index in [1.807, 2.05) is 0 Å². The van der Waals surface area contributed by atoms with E-state index in [0.29, 0.717) is 19.3 Å². The Labute approximate surface area is 106 Å². The highest BCUT2D eigenvalue weighted by Gasteiger charge is 2.33. The van der Waals surface area contributed by atoms with Gasteiger partial charge in [0, 0.05) is 6.04 Å². The molecule has 0 amide bonds. The van der Waals surface area contributed by atoms with Crippen molar-refractivity contribution in [3.63, 3.8) is 0 Å². The minimum atomic E-state index is -4.51. The molecule has 5 nitrogen and oxygen atoms in total. The van der Waals surface area contributed by atoms with Gasteiger partial charge >= 0.3 is 12.1 Å². The highest BCUT2D eigenvalue weighted by atomic mass is 19.4. The molecule has 2 rings (SSSR count). The van der Waals surface area contributed by atoms with Crippen molar-refractivity contribution in [2.45, 2.75) is 31.5 Å². The van der Waals surface area contributed by atoms with Crippen LogP contribution in [0.25, 0.3) is 0 Å². The van der Waals surface area contributed by atoms with Crippen molar-refractivity contribution in [1.82, 2.24) is 10.2 Å². The summed E-state index contributed by atoms with van der Waals surface area (Å²) in [6, 6.07) is 1.95. The Morgan fingerprint density at radius 3 is 2.53 bits per heavy atom. The average molecular weight is 275 g/mol. The van der Waals surface area contributed by atoms with Gasteiger partial charge < -0.3 is 10.4 Å². The molecule has 19 heavy (non-hydrogen) atoms. The van der Waals surface area contributed by atoms with E-state index < -0.39 is 23.8 Å². The van der Waals surface area contributed by atoms with Crippen LogP contribution < -0.4 is 5.32 Å².